The molecule has 3 unspecified atom stereocenters. The Labute approximate surface area is 278 Å². The van der Waals surface area contributed by atoms with Crippen LogP contribution in [-0.2, 0) is 25.5 Å². The number of amides is 3. The van der Waals surface area contributed by atoms with E-state index >= 15 is 0 Å². The summed E-state index contributed by atoms with van der Waals surface area (Å²) in [7, 11) is 1.60. The van der Waals surface area contributed by atoms with E-state index in [4.69, 9.17) is 9.47 Å². The number of rotatable bonds is 11. The number of likely N-dealkylation sites (tertiary alicyclic amines) is 2. The highest BCUT2D eigenvalue weighted by Crippen LogP contribution is 2.55. The second-order valence-corrected chi connectivity index (χ2v) is 14.1. The summed E-state index contributed by atoms with van der Waals surface area (Å²) in [6.07, 6.45) is 12.7. The Kier molecular flexibility index (Phi) is 9.37. The second kappa shape index (κ2) is 13.8. The standard InChI is InChI=1S/C38H48N4O5/c1-46-30-15-13-29(14-16-30)39-35(43)32-31-17-20-38(47-31)33(32)37(45)42(34(38)36(44)40-28-11-6-3-7-12-28)22-8-21-41-23-18-27(19-24-41)25-26-9-4-2-5-10-26/h2,4-5,9-10,13-17,20,27-28,31-34H,3,6-8,11-12,18-19,21-25H2,1H3,(H,39,43)(H,40,44)/t31-,32?,33-,34?,38?/m1/s1. The summed E-state index contributed by atoms with van der Waals surface area (Å²) in [5.74, 6) is -0.650. The minimum atomic E-state index is -1.14. The first-order valence-electron chi connectivity index (χ1n) is 17.6. The molecule has 5 atom stereocenters. The van der Waals surface area contributed by atoms with E-state index in [0.29, 0.717) is 23.9 Å². The summed E-state index contributed by atoms with van der Waals surface area (Å²) in [4.78, 5) is 46.5. The maximum absolute atomic E-state index is 14.4. The number of nitrogens with one attached hydrogen (secondary N) is 2. The number of carbonyl (C=O) groups is 3. The summed E-state index contributed by atoms with van der Waals surface area (Å²) >= 11 is 0. The van der Waals surface area contributed by atoms with Crippen molar-refractivity contribution in [2.24, 2.45) is 17.8 Å². The molecule has 250 valence electrons. The molecule has 4 aliphatic heterocycles. The van der Waals surface area contributed by atoms with Crippen LogP contribution in [0.1, 0.15) is 56.9 Å². The number of nitrogens with zero attached hydrogens (tertiary/aromatic N) is 2. The Balaban J connectivity index is 1.03. The van der Waals surface area contributed by atoms with Gasteiger partial charge in [0.05, 0.1) is 25.0 Å². The Morgan fingerprint density at radius 2 is 1.68 bits per heavy atom. The number of benzene rings is 2. The number of methoxy groups -OCH3 is 1. The lowest BCUT2D eigenvalue weighted by Gasteiger charge is -2.35. The Morgan fingerprint density at radius 1 is 0.936 bits per heavy atom. The SMILES string of the molecule is COc1ccc(NC(=O)C2[C@H]3C=CC4(O3)C(C(=O)NC3CCCCC3)N(CCCN3CCC(Cc5ccccc5)CC3)C(=O)[C@@H]24)cc1. The van der Waals surface area contributed by atoms with Crippen LogP contribution in [0.3, 0.4) is 0 Å². The van der Waals surface area contributed by atoms with E-state index in [1.807, 2.05) is 12.2 Å². The molecule has 9 nitrogen and oxygen atoms in total. The first-order valence-corrected chi connectivity index (χ1v) is 17.6. The van der Waals surface area contributed by atoms with Gasteiger partial charge in [-0.3, -0.25) is 14.4 Å². The van der Waals surface area contributed by atoms with Crippen LogP contribution in [-0.4, -0.2) is 84.6 Å². The number of piperidine rings is 1. The number of hydrogen-bond donors (Lipinski definition) is 2. The fourth-order valence-corrected chi connectivity index (χ4v) is 8.76. The van der Waals surface area contributed by atoms with Crippen molar-refractivity contribution >= 4 is 23.4 Å². The molecule has 7 rings (SSSR count). The molecule has 4 heterocycles. The van der Waals surface area contributed by atoms with Crippen LogP contribution in [0.15, 0.2) is 66.7 Å². The van der Waals surface area contributed by atoms with Crippen molar-refractivity contribution in [2.45, 2.75) is 81.6 Å². The average molecular weight is 641 g/mol. The van der Waals surface area contributed by atoms with Crippen LogP contribution in [0.4, 0.5) is 5.69 Å². The van der Waals surface area contributed by atoms with Crippen LogP contribution in [0, 0.1) is 17.8 Å². The first kappa shape index (κ1) is 31.9. The summed E-state index contributed by atoms with van der Waals surface area (Å²) in [6.45, 7) is 3.42. The van der Waals surface area contributed by atoms with Crippen LogP contribution in [0.25, 0.3) is 0 Å². The lowest BCUT2D eigenvalue weighted by atomic mass is 9.74. The highest BCUT2D eigenvalue weighted by atomic mass is 16.5. The number of fused-ring (bicyclic) bond motifs is 1. The number of ether oxygens (including phenoxy) is 2. The quantitative estimate of drug-likeness (QED) is 0.349. The van der Waals surface area contributed by atoms with Gasteiger partial charge in [0.1, 0.15) is 17.4 Å². The highest BCUT2D eigenvalue weighted by molar-refractivity contribution is 6.02. The molecule has 2 N–H and O–H groups in total. The molecule has 9 heteroatoms. The molecule has 3 amide bonds. The third-order valence-corrected chi connectivity index (χ3v) is 11.2. The fourth-order valence-electron chi connectivity index (χ4n) is 8.76. The molecule has 1 spiro atoms. The number of carbonyl (C=O) groups excluding carboxylic acids is 3. The molecule has 0 aromatic heterocycles. The highest BCUT2D eigenvalue weighted by Gasteiger charge is 2.72. The second-order valence-electron chi connectivity index (χ2n) is 14.1. The zero-order chi connectivity index (χ0) is 32.4. The number of hydrogen-bond acceptors (Lipinski definition) is 6. The minimum absolute atomic E-state index is 0.109. The predicted molar refractivity (Wildman–Crippen MR) is 180 cm³/mol. The molecule has 5 aliphatic rings. The van der Waals surface area contributed by atoms with Gasteiger partial charge in [0.25, 0.3) is 0 Å². The van der Waals surface area contributed by atoms with Gasteiger partial charge in [0.15, 0.2) is 0 Å². The maximum Gasteiger partial charge on any atom is 0.246 e. The molecule has 2 aromatic rings. The van der Waals surface area contributed by atoms with E-state index in [-0.39, 0.29) is 23.8 Å². The van der Waals surface area contributed by atoms with Gasteiger partial charge in [0.2, 0.25) is 17.7 Å². The van der Waals surface area contributed by atoms with Crippen molar-refractivity contribution in [3.05, 3.63) is 72.3 Å². The van der Waals surface area contributed by atoms with Crippen LogP contribution in [0.5, 0.6) is 5.75 Å². The summed E-state index contributed by atoms with van der Waals surface area (Å²) < 4.78 is 11.8. The van der Waals surface area contributed by atoms with Crippen LogP contribution < -0.4 is 15.4 Å². The van der Waals surface area contributed by atoms with Gasteiger partial charge in [-0.25, -0.2) is 0 Å². The number of anilines is 1. The summed E-state index contributed by atoms with van der Waals surface area (Å²) in [5.41, 5.74) is 0.887. The Hall–Kier alpha value is -3.69. The van der Waals surface area contributed by atoms with Gasteiger partial charge in [-0.05, 0) is 93.9 Å². The fraction of sp³-hybridized carbons (Fsp3) is 0.553. The van der Waals surface area contributed by atoms with Crippen LogP contribution in [0.2, 0.25) is 0 Å². The lowest BCUT2D eigenvalue weighted by molar-refractivity contribution is -0.141. The zero-order valence-corrected chi connectivity index (χ0v) is 27.4. The van der Waals surface area contributed by atoms with Crippen molar-refractivity contribution < 1.29 is 23.9 Å². The van der Waals surface area contributed by atoms with Crippen molar-refractivity contribution in [2.75, 3.05) is 38.6 Å². The largest absolute Gasteiger partial charge is 0.497 e. The molecular weight excluding hydrogens is 592 g/mol. The predicted octanol–water partition coefficient (Wildman–Crippen LogP) is 4.58. The molecule has 2 bridgehead atoms. The minimum Gasteiger partial charge on any atom is -0.497 e. The van der Waals surface area contributed by atoms with E-state index in [0.717, 1.165) is 58.2 Å². The lowest BCUT2D eigenvalue weighted by Crippen LogP contribution is -2.56. The van der Waals surface area contributed by atoms with Crippen molar-refractivity contribution in [1.29, 1.82) is 0 Å². The van der Waals surface area contributed by atoms with E-state index in [1.165, 1.54) is 24.8 Å². The van der Waals surface area contributed by atoms with Gasteiger partial charge in [-0.15, -0.1) is 0 Å². The first-order chi connectivity index (χ1) is 22.9. The van der Waals surface area contributed by atoms with Crippen molar-refractivity contribution in [3.8, 4) is 5.75 Å². The molecule has 47 heavy (non-hydrogen) atoms. The average Bonchev–Trinajstić information content (AvgIpc) is 3.74. The molecule has 1 aliphatic carbocycles. The van der Waals surface area contributed by atoms with Gasteiger partial charge in [-0.2, -0.15) is 0 Å². The smallest absolute Gasteiger partial charge is 0.246 e. The molecule has 2 aromatic carbocycles. The van der Waals surface area contributed by atoms with Crippen LogP contribution >= 0.6 is 0 Å². The summed E-state index contributed by atoms with van der Waals surface area (Å²) in [6, 6.07) is 17.2. The monoisotopic (exact) mass is 640 g/mol. The molecule has 4 fully saturated rings. The van der Waals surface area contributed by atoms with Crippen molar-refractivity contribution in [3.63, 3.8) is 0 Å². The van der Waals surface area contributed by atoms with Gasteiger partial charge in [-0.1, -0.05) is 61.7 Å². The third kappa shape index (κ3) is 6.44. The Bertz CT molecular complexity index is 1450. The van der Waals surface area contributed by atoms with E-state index < -0.39 is 29.6 Å². The third-order valence-electron chi connectivity index (χ3n) is 11.2. The van der Waals surface area contributed by atoms with Gasteiger partial charge in [0, 0.05) is 18.3 Å². The summed E-state index contributed by atoms with van der Waals surface area (Å²) in [5, 5.41) is 6.28. The normalized spacial score (nSPS) is 29.2. The van der Waals surface area contributed by atoms with Crippen molar-refractivity contribution in [1.82, 2.24) is 15.1 Å². The molecular formula is C38H48N4O5. The van der Waals surface area contributed by atoms with Gasteiger partial charge < -0.3 is 29.9 Å². The molecule has 0 radical (unpaired) electrons. The van der Waals surface area contributed by atoms with E-state index in [2.05, 4.69) is 45.9 Å². The van der Waals surface area contributed by atoms with Gasteiger partial charge >= 0.3 is 0 Å². The molecule has 3 saturated heterocycles. The van der Waals surface area contributed by atoms with E-state index in [9.17, 15) is 14.4 Å². The van der Waals surface area contributed by atoms with E-state index in [1.54, 1.807) is 36.3 Å². The maximum atomic E-state index is 14.4. The Morgan fingerprint density at radius 3 is 2.40 bits per heavy atom. The topological polar surface area (TPSA) is 100 Å². The molecule has 1 saturated carbocycles. The zero-order valence-electron chi connectivity index (χ0n) is 27.4.